The number of rotatable bonds is 3. The molecule has 9 heteroatoms. The molecule has 0 aliphatic heterocycles. The second-order valence-electron chi connectivity index (χ2n) is 3.30. The van der Waals surface area contributed by atoms with Crippen molar-refractivity contribution in [2.45, 2.75) is 0 Å². The van der Waals surface area contributed by atoms with Crippen LogP contribution in [0.2, 0.25) is 5.15 Å². The molecule has 0 spiro atoms. The Morgan fingerprint density at radius 3 is 2.74 bits per heavy atom. The maximum atomic E-state index is 11.9. The quantitative estimate of drug-likeness (QED) is 0.520. The predicted octanol–water partition coefficient (Wildman–Crippen LogP) is 1.69. The summed E-state index contributed by atoms with van der Waals surface area (Å²) in [7, 11) is 0. The van der Waals surface area contributed by atoms with Gasteiger partial charge in [0, 0.05) is 18.6 Å². The number of nitro groups is 1. The molecule has 96 valence electrons. The normalized spacial score (nSPS) is 9.95. The fourth-order valence-electron chi connectivity index (χ4n) is 1.33. The van der Waals surface area contributed by atoms with Crippen LogP contribution in [0.1, 0.15) is 10.4 Å². The van der Waals surface area contributed by atoms with Gasteiger partial charge in [0.05, 0.1) is 11.1 Å². The molecule has 0 radical (unpaired) electrons. The average Bonchev–Trinajstić information content (AvgIpc) is 2.39. The minimum Gasteiger partial charge on any atom is -0.305 e. The van der Waals surface area contributed by atoms with E-state index >= 15 is 0 Å². The van der Waals surface area contributed by atoms with E-state index in [1.165, 1.54) is 30.9 Å². The third kappa shape index (κ3) is 2.80. The van der Waals surface area contributed by atoms with Crippen LogP contribution in [0.25, 0.3) is 0 Å². The van der Waals surface area contributed by atoms with Crippen LogP contribution < -0.4 is 5.32 Å². The number of anilines is 1. The first-order chi connectivity index (χ1) is 9.09. The number of hydrogen-bond donors (Lipinski definition) is 1. The smallest absolute Gasteiger partial charge is 0.305 e. The third-order valence-electron chi connectivity index (χ3n) is 2.11. The molecule has 0 aromatic carbocycles. The Hall–Kier alpha value is -2.61. The predicted molar refractivity (Wildman–Crippen MR) is 65.9 cm³/mol. The fraction of sp³-hybridized carbons (Fsp3) is 0. The largest absolute Gasteiger partial charge is 0.319 e. The van der Waals surface area contributed by atoms with Gasteiger partial charge in [-0.25, -0.2) is 9.97 Å². The van der Waals surface area contributed by atoms with E-state index in [-0.39, 0.29) is 16.5 Å². The molecule has 1 N–H and O–H groups in total. The lowest BCUT2D eigenvalue weighted by molar-refractivity contribution is -0.385. The molecule has 2 aromatic heterocycles. The monoisotopic (exact) mass is 279 g/mol. The average molecular weight is 280 g/mol. The molecule has 0 fully saturated rings. The van der Waals surface area contributed by atoms with Crippen molar-refractivity contribution in [2.75, 3.05) is 5.32 Å². The van der Waals surface area contributed by atoms with Crippen LogP contribution in [0.15, 0.2) is 30.9 Å². The number of carbonyl (C=O) groups is 1. The highest BCUT2D eigenvalue weighted by atomic mass is 35.5. The summed E-state index contributed by atoms with van der Waals surface area (Å²) in [6.07, 6.45) is 5.33. The summed E-state index contributed by atoms with van der Waals surface area (Å²) in [6.45, 7) is 0. The van der Waals surface area contributed by atoms with Crippen LogP contribution in [0.3, 0.4) is 0 Å². The molecular weight excluding hydrogens is 274 g/mol. The highest BCUT2D eigenvalue weighted by molar-refractivity contribution is 6.32. The molecule has 0 saturated carbocycles. The number of nitrogens with one attached hydrogen (secondary N) is 1. The second kappa shape index (κ2) is 5.36. The number of aromatic nitrogens is 3. The fourth-order valence-corrected chi connectivity index (χ4v) is 1.56. The molecule has 8 nitrogen and oxygen atoms in total. The minimum absolute atomic E-state index is 0.176. The first-order valence-electron chi connectivity index (χ1n) is 4.96. The zero-order valence-corrected chi connectivity index (χ0v) is 10.0. The highest BCUT2D eigenvalue weighted by Gasteiger charge is 2.24. The summed E-state index contributed by atoms with van der Waals surface area (Å²) in [6, 6.07) is 1.20. The number of hydrogen-bond acceptors (Lipinski definition) is 6. The van der Waals surface area contributed by atoms with E-state index < -0.39 is 16.5 Å². The van der Waals surface area contributed by atoms with Gasteiger partial charge in [0.2, 0.25) is 5.15 Å². The third-order valence-corrected chi connectivity index (χ3v) is 2.39. The van der Waals surface area contributed by atoms with Crippen molar-refractivity contribution < 1.29 is 9.72 Å². The van der Waals surface area contributed by atoms with Crippen molar-refractivity contribution in [1.82, 2.24) is 15.0 Å². The Morgan fingerprint density at radius 1 is 1.32 bits per heavy atom. The summed E-state index contributed by atoms with van der Waals surface area (Å²) in [5.74, 6) is -0.536. The molecule has 2 aromatic rings. The summed E-state index contributed by atoms with van der Waals surface area (Å²) in [5.41, 5.74) is -0.749. The van der Waals surface area contributed by atoms with Crippen molar-refractivity contribution in [3.05, 3.63) is 51.7 Å². The van der Waals surface area contributed by atoms with Crippen molar-refractivity contribution in [3.63, 3.8) is 0 Å². The molecule has 2 rings (SSSR count). The van der Waals surface area contributed by atoms with Crippen LogP contribution >= 0.6 is 11.6 Å². The maximum absolute atomic E-state index is 11.9. The van der Waals surface area contributed by atoms with Crippen molar-refractivity contribution in [3.8, 4) is 0 Å². The van der Waals surface area contributed by atoms with Crippen molar-refractivity contribution >= 4 is 29.0 Å². The number of pyridine rings is 1. The molecule has 0 aliphatic carbocycles. The van der Waals surface area contributed by atoms with Crippen LogP contribution in [-0.4, -0.2) is 25.8 Å². The molecule has 0 bridgehead atoms. The first kappa shape index (κ1) is 12.8. The second-order valence-corrected chi connectivity index (χ2v) is 3.66. The van der Waals surface area contributed by atoms with Gasteiger partial charge in [0.15, 0.2) is 5.82 Å². The van der Waals surface area contributed by atoms with Gasteiger partial charge < -0.3 is 5.32 Å². The van der Waals surface area contributed by atoms with E-state index in [1.54, 1.807) is 0 Å². The highest BCUT2D eigenvalue weighted by Crippen LogP contribution is 2.26. The van der Waals surface area contributed by atoms with Gasteiger partial charge in [0.1, 0.15) is 5.56 Å². The Kier molecular flexibility index (Phi) is 3.62. The zero-order valence-electron chi connectivity index (χ0n) is 9.28. The van der Waals surface area contributed by atoms with Crippen LogP contribution in [0.5, 0.6) is 0 Å². The molecule has 0 unspecified atom stereocenters. The van der Waals surface area contributed by atoms with Crippen LogP contribution in [0.4, 0.5) is 11.5 Å². The number of amides is 1. The SMILES string of the molecule is O=C(Nc1cnccn1)c1ccnc(Cl)c1[N+](=O)[O-]. The Morgan fingerprint density at radius 2 is 2.11 bits per heavy atom. The topological polar surface area (TPSA) is 111 Å². The van der Waals surface area contributed by atoms with Gasteiger partial charge in [-0.3, -0.25) is 19.9 Å². The van der Waals surface area contributed by atoms with Gasteiger partial charge in [-0.15, -0.1) is 0 Å². The standard InChI is InChI=1S/C10H6ClN5O3/c11-9-8(16(18)19)6(1-2-14-9)10(17)15-7-5-12-3-4-13-7/h1-5H,(H,13,15,17). The molecule has 19 heavy (non-hydrogen) atoms. The molecule has 1 amide bonds. The van der Waals surface area contributed by atoms with Crippen molar-refractivity contribution in [1.29, 1.82) is 0 Å². The molecular formula is C10H6ClN5O3. The summed E-state index contributed by atoms with van der Waals surface area (Å²) >= 11 is 5.61. The van der Waals surface area contributed by atoms with E-state index in [2.05, 4.69) is 20.3 Å². The number of nitrogens with zero attached hydrogens (tertiary/aromatic N) is 4. The van der Waals surface area contributed by atoms with Crippen LogP contribution in [0, 0.1) is 10.1 Å². The minimum atomic E-state index is -0.763. The molecule has 0 atom stereocenters. The Labute approximate surface area is 111 Å². The Bertz CT molecular complexity index is 634. The summed E-state index contributed by atoms with van der Waals surface area (Å²) < 4.78 is 0. The number of halogens is 1. The van der Waals surface area contributed by atoms with E-state index in [9.17, 15) is 14.9 Å². The van der Waals surface area contributed by atoms with Gasteiger partial charge in [-0.1, -0.05) is 11.6 Å². The van der Waals surface area contributed by atoms with Crippen LogP contribution in [-0.2, 0) is 0 Å². The lowest BCUT2D eigenvalue weighted by Crippen LogP contribution is -2.15. The van der Waals surface area contributed by atoms with E-state index in [1.807, 2.05) is 0 Å². The molecule has 0 aliphatic rings. The van der Waals surface area contributed by atoms with Gasteiger partial charge >= 0.3 is 5.69 Å². The van der Waals surface area contributed by atoms with Gasteiger partial charge in [-0.2, -0.15) is 0 Å². The summed E-state index contributed by atoms with van der Waals surface area (Å²) in [4.78, 5) is 33.2. The lowest BCUT2D eigenvalue weighted by Gasteiger charge is -2.04. The molecule has 2 heterocycles. The lowest BCUT2D eigenvalue weighted by atomic mass is 10.2. The van der Waals surface area contributed by atoms with E-state index in [0.29, 0.717) is 0 Å². The first-order valence-corrected chi connectivity index (χ1v) is 5.33. The van der Waals surface area contributed by atoms with Gasteiger partial charge in [-0.05, 0) is 6.07 Å². The van der Waals surface area contributed by atoms with Crippen molar-refractivity contribution in [2.24, 2.45) is 0 Å². The molecule has 0 saturated heterocycles. The number of carbonyl (C=O) groups excluding carboxylic acids is 1. The zero-order chi connectivity index (χ0) is 13.8. The van der Waals surface area contributed by atoms with E-state index in [0.717, 1.165) is 0 Å². The van der Waals surface area contributed by atoms with E-state index in [4.69, 9.17) is 11.6 Å². The maximum Gasteiger partial charge on any atom is 0.319 e. The van der Waals surface area contributed by atoms with Gasteiger partial charge in [0.25, 0.3) is 5.91 Å². The summed E-state index contributed by atoms with van der Waals surface area (Å²) in [5, 5.41) is 12.9. The Balaban J connectivity index is 2.35.